The van der Waals surface area contributed by atoms with Crippen molar-refractivity contribution < 1.29 is 48.0 Å². The van der Waals surface area contributed by atoms with Crippen LogP contribution >= 0.6 is 0 Å². The summed E-state index contributed by atoms with van der Waals surface area (Å²) in [6.07, 6.45) is -1.06. The molecule has 11 nitrogen and oxygen atoms in total. The molecule has 6 atom stereocenters. The third-order valence-corrected chi connectivity index (χ3v) is 8.58. The van der Waals surface area contributed by atoms with Crippen LogP contribution in [0.2, 0.25) is 0 Å². The van der Waals surface area contributed by atoms with E-state index < -0.39 is 53.7 Å². The second-order valence-corrected chi connectivity index (χ2v) is 10.8. The molecule has 5 rings (SSSR count). The smallest absolute Gasteiger partial charge is 0.353 e. The number of benzene rings is 1. The topological polar surface area (TPSA) is 138 Å². The predicted octanol–water partition coefficient (Wildman–Crippen LogP) is 1.36. The molecule has 11 heteroatoms. The fourth-order valence-electron chi connectivity index (χ4n) is 6.62. The molecular weight excluding hydrogens is 510 g/mol. The van der Waals surface area contributed by atoms with Crippen LogP contribution in [0.1, 0.15) is 51.2 Å². The number of Topliss-reactive ketones (excluding diaryl/α,β-unsaturated/α-hetero) is 1. The number of ether oxygens (including phenoxy) is 5. The molecule has 1 N–H and O–H groups in total. The lowest BCUT2D eigenvalue weighted by Gasteiger charge is -2.61. The minimum Gasteiger partial charge on any atom is -0.493 e. The van der Waals surface area contributed by atoms with E-state index in [0.717, 1.165) is 18.1 Å². The van der Waals surface area contributed by atoms with Crippen LogP contribution in [0.4, 0.5) is 0 Å². The lowest BCUT2D eigenvalue weighted by atomic mass is 9.50. The lowest BCUT2D eigenvalue weighted by molar-refractivity contribution is -0.178. The number of esters is 3. The molecule has 4 aliphatic rings. The number of piperidine rings is 1. The lowest BCUT2D eigenvalue weighted by Crippen LogP contribution is -2.74. The van der Waals surface area contributed by atoms with E-state index in [2.05, 4.69) is 4.90 Å². The molecule has 39 heavy (non-hydrogen) atoms. The van der Waals surface area contributed by atoms with Crippen LogP contribution in [0.5, 0.6) is 11.5 Å². The summed E-state index contributed by atoms with van der Waals surface area (Å²) >= 11 is 0. The molecule has 2 heterocycles. The third kappa shape index (κ3) is 4.10. The molecule has 1 saturated heterocycles. The van der Waals surface area contributed by atoms with Gasteiger partial charge in [-0.25, -0.2) is 4.79 Å². The highest BCUT2D eigenvalue weighted by Gasteiger charge is 2.72. The Morgan fingerprint density at radius 2 is 1.95 bits per heavy atom. The van der Waals surface area contributed by atoms with Gasteiger partial charge >= 0.3 is 17.9 Å². The predicted molar refractivity (Wildman–Crippen MR) is 134 cm³/mol. The Kier molecular flexibility index (Phi) is 6.70. The number of hydrogen-bond donors (Lipinski definition) is 1. The average molecular weight is 544 g/mol. The van der Waals surface area contributed by atoms with Crippen molar-refractivity contribution in [2.75, 3.05) is 20.7 Å². The summed E-state index contributed by atoms with van der Waals surface area (Å²) in [7, 11) is 3.53. The molecule has 0 radical (unpaired) electrons. The van der Waals surface area contributed by atoms with Crippen molar-refractivity contribution in [1.29, 1.82) is 0 Å². The van der Waals surface area contributed by atoms with E-state index in [-0.39, 0.29) is 24.0 Å². The number of carbonyl (C=O) groups excluding carboxylic acids is 4. The van der Waals surface area contributed by atoms with Crippen LogP contribution in [0.25, 0.3) is 0 Å². The summed E-state index contributed by atoms with van der Waals surface area (Å²) in [5.74, 6) is -1.84. The Hall–Kier alpha value is -3.44. The van der Waals surface area contributed by atoms with Crippen molar-refractivity contribution in [3.63, 3.8) is 0 Å². The Morgan fingerprint density at radius 1 is 1.21 bits per heavy atom. The Bertz CT molecular complexity index is 1270. The maximum atomic E-state index is 13.3. The Balaban J connectivity index is 1.47. The number of methoxy groups -OCH3 is 1. The van der Waals surface area contributed by atoms with E-state index in [1.165, 1.54) is 13.8 Å². The molecule has 0 aromatic heterocycles. The van der Waals surface area contributed by atoms with E-state index in [4.69, 9.17) is 23.7 Å². The van der Waals surface area contributed by atoms with Crippen molar-refractivity contribution in [3.8, 4) is 11.5 Å². The normalized spacial score (nSPS) is 29.6. The van der Waals surface area contributed by atoms with Gasteiger partial charge in [-0.15, -0.1) is 0 Å². The third-order valence-electron chi connectivity index (χ3n) is 8.58. The van der Waals surface area contributed by atoms with Gasteiger partial charge in [0.25, 0.3) is 0 Å². The van der Waals surface area contributed by atoms with Gasteiger partial charge in [-0.2, -0.15) is 0 Å². The van der Waals surface area contributed by atoms with E-state index in [1.807, 2.05) is 19.2 Å². The molecule has 1 spiro atoms. The van der Waals surface area contributed by atoms with Crippen LogP contribution in [0.15, 0.2) is 24.0 Å². The van der Waals surface area contributed by atoms with E-state index >= 15 is 0 Å². The molecule has 0 saturated carbocycles. The van der Waals surface area contributed by atoms with Crippen LogP contribution < -0.4 is 9.47 Å². The standard InChI is InChI=1S/C28H33NO10/c1-14(30)15(2)36-22(32)13-20(37-16(3)31)26(33)38-19-8-9-28(34)21-12-17-6-7-18(35-5)24-23(17)27(28,25(19)39-24)10-11-29(21)4/h6-8,15,20-21,25,34H,9-13H2,1-5H3/t15-,20-,21+,25-,27-,28+/m0/s1. The second-order valence-electron chi connectivity index (χ2n) is 10.8. The summed E-state index contributed by atoms with van der Waals surface area (Å²) in [5, 5.41) is 12.3. The monoisotopic (exact) mass is 543 g/mol. The van der Waals surface area contributed by atoms with E-state index in [9.17, 15) is 24.3 Å². The number of likely N-dealkylation sites (N-methyl/N-ethyl adjacent to an activating group) is 1. The number of rotatable bonds is 8. The minimum absolute atomic E-state index is 0.168. The van der Waals surface area contributed by atoms with Crippen LogP contribution in [0.3, 0.4) is 0 Å². The molecule has 2 aliphatic carbocycles. The van der Waals surface area contributed by atoms with Gasteiger partial charge in [0.2, 0.25) is 6.10 Å². The van der Waals surface area contributed by atoms with Crippen molar-refractivity contribution in [2.24, 2.45) is 0 Å². The average Bonchev–Trinajstić information content (AvgIpc) is 3.22. The van der Waals surface area contributed by atoms with Crippen LogP contribution in [-0.2, 0) is 45.2 Å². The molecule has 1 aromatic carbocycles. The van der Waals surface area contributed by atoms with Gasteiger partial charge in [0.1, 0.15) is 5.76 Å². The Morgan fingerprint density at radius 3 is 2.62 bits per heavy atom. The number of hydrogen-bond acceptors (Lipinski definition) is 11. The maximum Gasteiger partial charge on any atom is 0.353 e. The largest absolute Gasteiger partial charge is 0.493 e. The number of carbonyl (C=O) groups is 4. The fraction of sp³-hybridized carbons (Fsp3) is 0.571. The molecule has 0 unspecified atom stereocenters. The molecule has 2 bridgehead atoms. The Labute approximate surface area is 226 Å². The summed E-state index contributed by atoms with van der Waals surface area (Å²) in [6, 6.07) is 3.65. The first kappa shape index (κ1) is 27.1. The van der Waals surface area contributed by atoms with Crippen molar-refractivity contribution in [3.05, 3.63) is 35.1 Å². The molecule has 2 aliphatic heterocycles. The molecule has 210 valence electrons. The minimum atomic E-state index is -1.60. The number of aliphatic hydroxyl groups is 1. The fourth-order valence-corrected chi connectivity index (χ4v) is 6.62. The number of ketones is 1. The summed E-state index contributed by atoms with van der Waals surface area (Å²) in [4.78, 5) is 51.0. The first-order chi connectivity index (χ1) is 18.4. The summed E-state index contributed by atoms with van der Waals surface area (Å²) in [6.45, 7) is 4.47. The molecular formula is C28H33NO10. The first-order valence-electron chi connectivity index (χ1n) is 13.0. The van der Waals surface area contributed by atoms with Gasteiger partial charge in [-0.3, -0.25) is 14.4 Å². The van der Waals surface area contributed by atoms with Gasteiger partial charge in [0.15, 0.2) is 29.5 Å². The SMILES string of the molecule is COc1ccc2c3c1O[C@H]1C(OC(=O)[C@H](CC(=O)O[C@@H](C)C(C)=O)OC(C)=O)=CC[C@@]4(O)[C@@H](C2)N(C)CC[C@]314. The van der Waals surface area contributed by atoms with E-state index in [0.29, 0.717) is 30.9 Å². The van der Waals surface area contributed by atoms with Crippen molar-refractivity contribution >= 4 is 23.7 Å². The van der Waals surface area contributed by atoms with E-state index in [1.54, 1.807) is 13.2 Å². The number of likely N-dealkylation sites (tertiary alicyclic amines) is 1. The highest BCUT2D eigenvalue weighted by atomic mass is 16.6. The van der Waals surface area contributed by atoms with Crippen molar-refractivity contribution in [2.45, 2.75) is 81.8 Å². The van der Waals surface area contributed by atoms with Crippen LogP contribution in [-0.4, -0.2) is 84.4 Å². The molecule has 0 amide bonds. The molecule has 1 aromatic rings. The first-order valence-corrected chi connectivity index (χ1v) is 13.0. The van der Waals surface area contributed by atoms with Gasteiger partial charge < -0.3 is 33.7 Å². The zero-order valence-corrected chi connectivity index (χ0v) is 22.6. The zero-order chi connectivity index (χ0) is 28.3. The maximum absolute atomic E-state index is 13.3. The van der Waals surface area contributed by atoms with Gasteiger partial charge in [0.05, 0.1) is 24.5 Å². The van der Waals surface area contributed by atoms with Gasteiger partial charge in [0, 0.05) is 24.9 Å². The highest BCUT2D eigenvalue weighted by Crippen LogP contribution is 2.65. The van der Waals surface area contributed by atoms with Gasteiger partial charge in [-0.1, -0.05) is 6.07 Å². The summed E-state index contributed by atoms with van der Waals surface area (Å²) in [5.41, 5.74) is -0.160. The number of nitrogens with zero attached hydrogens (tertiary/aromatic N) is 1. The van der Waals surface area contributed by atoms with Crippen molar-refractivity contribution in [1.82, 2.24) is 4.90 Å². The highest BCUT2D eigenvalue weighted by molar-refractivity contribution is 5.87. The van der Waals surface area contributed by atoms with Crippen LogP contribution in [0, 0.1) is 0 Å². The molecule has 1 fully saturated rings. The quantitative estimate of drug-likeness (QED) is 0.376. The summed E-state index contributed by atoms with van der Waals surface area (Å²) < 4.78 is 27.9. The van der Waals surface area contributed by atoms with Gasteiger partial charge in [-0.05, 0) is 58.0 Å². The zero-order valence-electron chi connectivity index (χ0n) is 22.6. The second kappa shape index (κ2) is 9.63.